The van der Waals surface area contributed by atoms with Crippen LogP contribution in [0.4, 0.5) is 0 Å². The molecule has 0 saturated carbocycles. The van der Waals surface area contributed by atoms with Crippen LogP contribution in [0.3, 0.4) is 0 Å². The molecule has 1 atom stereocenters. The van der Waals surface area contributed by atoms with Crippen LogP contribution in [0.2, 0.25) is 0 Å². The number of hydrogen-bond donors (Lipinski definition) is 2. The summed E-state index contributed by atoms with van der Waals surface area (Å²) in [5.41, 5.74) is 4.29. The van der Waals surface area contributed by atoms with E-state index in [0.717, 1.165) is 26.1 Å². The van der Waals surface area contributed by atoms with E-state index in [1.807, 2.05) is 7.05 Å². The maximum absolute atomic E-state index is 3.53. The molecule has 3 nitrogen and oxygen atoms in total. The molecule has 0 bridgehead atoms. The first-order valence-electron chi connectivity index (χ1n) is 7.44. The summed E-state index contributed by atoms with van der Waals surface area (Å²) in [6.45, 7) is 5.21. The molecule has 2 heterocycles. The third-order valence-corrected chi connectivity index (χ3v) is 4.23. The van der Waals surface area contributed by atoms with Crippen molar-refractivity contribution < 1.29 is 0 Å². The molecule has 106 valence electrons. The fourth-order valence-corrected chi connectivity index (χ4v) is 3.39. The van der Waals surface area contributed by atoms with Crippen LogP contribution in [0.15, 0.2) is 47.8 Å². The quantitative estimate of drug-likeness (QED) is 0.862. The monoisotopic (exact) mass is 269 g/mol. The summed E-state index contributed by atoms with van der Waals surface area (Å²) in [6.07, 6.45) is 5.38. The minimum atomic E-state index is 0.435. The maximum atomic E-state index is 3.53. The average molecular weight is 269 g/mol. The van der Waals surface area contributed by atoms with E-state index >= 15 is 0 Å². The van der Waals surface area contributed by atoms with Crippen molar-refractivity contribution in [2.75, 3.05) is 26.7 Å². The van der Waals surface area contributed by atoms with Crippen molar-refractivity contribution in [3.05, 3.63) is 58.9 Å². The first-order valence-corrected chi connectivity index (χ1v) is 7.44. The van der Waals surface area contributed by atoms with Gasteiger partial charge in [0.05, 0.1) is 6.04 Å². The van der Waals surface area contributed by atoms with Crippen LogP contribution in [0, 0.1) is 0 Å². The van der Waals surface area contributed by atoms with Gasteiger partial charge in [0, 0.05) is 33.1 Å². The molecule has 1 unspecified atom stereocenters. The van der Waals surface area contributed by atoms with Gasteiger partial charge in [0.1, 0.15) is 5.82 Å². The molecule has 3 rings (SSSR count). The molecule has 2 N–H and O–H groups in total. The van der Waals surface area contributed by atoms with Crippen molar-refractivity contribution in [3.63, 3.8) is 0 Å². The van der Waals surface area contributed by atoms with Gasteiger partial charge in [-0.3, -0.25) is 0 Å². The van der Waals surface area contributed by atoms with E-state index in [4.69, 9.17) is 0 Å². The van der Waals surface area contributed by atoms with Gasteiger partial charge >= 0.3 is 0 Å². The van der Waals surface area contributed by atoms with E-state index in [9.17, 15) is 0 Å². The number of allylic oxidation sites excluding steroid dienone is 3. The summed E-state index contributed by atoms with van der Waals surface area (Å²) in [7, 11) is 2.04. The number of rotatable bonds is 2. The number of fused-ring (bicyclic) bond motifs is 3. The Hall–Kier alpha value is -1.74. The Morgan fingerprint density at radius 1 is 1.35 bits per heavy atom. The topological polar surface area (TPSA) is 27.3 Å². The van der Waals surface area contributed by atoms with Gasteiger partial charge in [0.2, 0.25) is 0 Å². The van der Waals surface area contributed by atoms with E-state index in [0.29, 0.717) is 6.04 Å². The van der Waals surface area contributed by atoms with Gasteiger partial charge in [-0.25, -0.2) is 0 Å². The van der Waals surface area contributed by atoms with Crippen LogP contribution in [0.1, 0.15) is 24.1 Å². The SMILES string of the molecule is C/C=C\C1=C(NC)N2CCNCC2c2ccccc2C1. The molecule has 0 amide bonds. The summed E-state index contributed by atoms with van der Waals surface area (Å²) < 4.78 is 0. The lowest BCUT2D eigenvalue weighted by atomic mass is 9.96. The Kier molecular flexibility index (Phi) is 3.79. The highest BCUT2D eigenvalue weighted by molar-refractivity contribution is 5.41. The first-order chi connectivity index (χ1) is 9.85. The van der Waals surface area contributed by atoms with Crippen LogP contribution in [-0.2, 0) is 6.42 Å². The van der Waals surface area contributed by atoms with Gasteiger partial charge in [-0.05, 0) is 23.6 Å². The fourth-order valence-electron chi connectivity index (χ4n) is 3.39. The highest BCUT2D eigenvalue weighted by Crippen LogP contribution is 2.34. The zero-order valence-electron chi connectivity index (χ0n) is 12.3. The van der Waals surface area contributed by atoms with Crippen LogP contribution in [-0.4, -0.2) is 31.6 Å². The maximum Gasteiger partial charge on any atom is 0.105 e. The van der Waals surface area contributed by atoms with Crippen molar-refractivity contribution in [1.82, 2.24) is 15.5 Å². The van der Waals surface area contributed by atoms with E-state index in [1.54, 1.807) is 0 Å². The molecule has 1 aromatic rings. The van der Waals surface area contributed by atoms with Crippen LogP contribution >= 0.6 is 0 Å². The Morgan fingerprint density at radius 2 is 2.20 bits per heavy atom. The summed E-state index contributed by atoms with van der Waals surface area (Å²) in [6, 6.07) is 9.29. The largest absolute Gasteiger partial charge is 0.375 e. The van der Waals surface area contributed by atoms with E-state index in [2.05, 4.69) is 58.9 Å². The fraction of sp³-hybridized carbons (Fsp3) is 0.412. The Morgan fingerprint density at radius 3 is 3.00 bits per heavy atom. The summed E-state index contributed by atoms with van der Waals surface area (Å²) in [5.74, 6) is 1.28. The number of benzene rings is 1. The lowest BCUT2D eigenvalue weighted by Gasteiger charge is -2.39. The van der Waals surface area contributed by atoms with Gasteiger partial charge in [-0.15, -0.1) is 0 Å². The summed E-state index contributed by atoms with van der Waals surface area (Å²) in [5, 5.41) is 6.97. The van der Waals surface area contributed by atoms with E-state index in [1.165, 1.54) is 22.5 Å². The van der Waals surface area contributed by atoms with Gasteiger partial charge in [-0.2, -0.15) is 0 Å². The van der Waals surface area contributed by atoms with Crippen LogP contribution in [0.25, 0.3) is 0 Å². The van der Waals surface area contributed by atoms with Gasteiger partial charge < -0.3 is 15.5 Å². The predicted octanol–water partition coefficient (Wildman–Crippen LogP) is 2.20. The third kappa shape index (κ3) is 2.22. The van der Waals surface area contributed by atoms with Crippen LogP contribution < -0.4 is 10.6 Å². The van der Waals surface area contributed by atoms with Gasteiger partial charge in [0.25, 0.3) is 0 Å². The minimum absolute atomic E-state index is 0.435. The predicted molar refractivity (Wildman–Crippen MR) is 83.4 cm³/mol. The van der Waals surface area contributed by atoms with E-state index in [-0.39, 0.29) is 0 Å². The molecule has 1 fully saturated rings. The molecule has 3 heteroatoms. The molecule has 0 spiro atoms. The molecular weight excluding hydrogens is 246 g/mol. The van der Waals surface area contributed by atoms with E-state index < -0.39 is 0 Å². The minimum Gasteiger partial charge on any atom is -0.375 e. The smallest absolute Gasteiger partial charge is 0.105 e. The van der Waals surface area contributed by atoms with Crippen molar-refractivity contribution in [1.29, 1.82) is 0 Å². The third-order valence-electron chi connectivity index (χ3n) is 4.23. The Labute approximate surface area is 121 Å². The van der Waals surface area contributed by atoms with Crippen molar-refractivity contribution in [2.24, 2.45) is 0 Å². The van der Waals surface area contributed by atoms with Crippen molar-refractivity contribution in [2.45, 2.75) is 19.4 Å². The number of piperazine rings is 1. The Bertz CT molecular complexity index is 545. The average Bonchev–Trinajstić information content (AvgIpc) is 2.62. The zero-order valence-corrected chi connectivity index (χ0v) is 12.3. The number of nitrogens with one attached hydrogen (secondary N) is 2. The van der Waals surface area contributed by atoms with Gasteiger partial charge in [-0.1, -0.05) is 36.4 Å². The molecule has 2 aliphatic rings. The second-order valence-electron chi connectivity index (χ2n) is 5.41. The summed E-state index contributed by atoms with van der Waals surface area (Å²) >= 11 is 0. The molecule has 2 aliphatic heterocycles. The normalized spacial score (nSPS) is 22.5. The van der Waals surface area contributed by atoms with Crippen LogP contribution in [0.5, 0.6) is 0 Å². The highest BCUT2D eigenvalue weighted by Gasteiger charge is 2.30. The van der Waals surface area contributed by atoms with Crippen molar-refractivity contribution in [3.8, 4) is 0 Å². The molecule has 0 radical (unpaired) electrons. The van der Waals surface area contributed by atoms with Crippen molar-refractivity contribution >= 4 is 0 Å². The lowest BCUT2D eigenvalue weighted by molar-refractivity contribution is 0.200. The highest BCUT2D eigenvalue weighted by atomic mass is 15.3. The molecule has 1 saturated heterocycles. The molecule has 20 heavy (non-hydrogen) atoms. The zero-order chi connectivity index (χ0) is 13.9. The second kappa shape index (κ2) is 5.71. The first kappa shape index (κ1) is 13.3. The number of hydrogen-bond acceptors (Lipinski definition) is 3. The number of nitrogens with zero attached hydrogens (tertiary/aromatic N) is 1. The Balaban J connectivity index is 2.13. The molecule has 0 aromatic heterocycles. The lowest BCUT2D eigenvalue weighted by Crippen LogP contribution is -2.47. The standard InChI is InChI=1S/C17H23N3/c1-3-6-14-11-13-7-4-5-8-15(13)16-12-19-9-10-20(16)17(14)18-2/h3-8,16,18-19H,9-12H2,1-2H3/b6-3-. The van der Waals surface area contributed by atoms with Gasteiger partial charge in [0.15, 0.2) is 0 Å². The molecule has 1 aromatic carbocycles. The summed E-state index contributed by atoms with van der Waals surface area (Å²) in [4.78, 5) is 2.53. The molecular formula is C17H23N3. The second-order valence-corrected chi connectivity index (χ2v) is 5.41. The molecule has 0 aliphatic carbocycles.